The summed E-state index contributed by atoms with van der Waals surface area (Å²) in [6.07, 6.45) is 1.22. The lowest BCUT2D eigenvalue weighted by molar-refractivity contribution is 0.452. The zero-order valence-corrected chi connectivity index (χ0v) is 8.69. The number of hydrogen-bond acceptors (Lipinski definition) is 4. The molecule has 1 aromatic heterocycles. The van der Waals surface area contributed by atoms with E-state index in [4.69, 9.17) is 15.8 Å². The van der Waals surface area contributed by atoms with E-state index in [1.54, 1.807) is 0 Å². The fourth-order valence-corrected chi connectivity index (χ4v) is 2.00. The Balaban J connectivity index is 3.47. The minimum atomic E-state index is -3.90. The summed E-state index contributed by atoms with van der Waals surface area (Å²) in [5.41, 5.74) is 0. The molecule has 0 amide bonds. The van der Waals surface area contributed by atoms with Gasteiger partial charge in [0.2, 0.25) is 0 Å². The summed E-state index contributed by atoms with van der Waals surface area (Å²) in [5.74, 6) is -0.479. The average Bonchev–Trinajstić information content (AvgIpc) is 1.92. The van der Waals surface area contributed by atoms with Gasteiger partial charge in [-0.1, -0.05) is 0 Å². The fourth-order valence-electron chi connectivity index (χ4n) is 0.609. The molecular weight excluding hydrogens is 269 g/mol. The van der Waals surface area contributed by atoms with Crippen molar-refractivity contribution in [3.8, 4) is 5.75 Å². The second kappa shape index (κ2) is 3.20. The molecule has 12 heavy (non-hydrogen) atoms. The van der Waals surface area contributed by atoms with Crippen molar-refractivity contribution in [1.29, 1.82) is 0 Å². The van der Waals surface area contributed by atoms with Gasteiger partial charge in [-0.25, -0.2) is 13.4 Å². The molecule has 0 aliphatic rings. The molecule has 0 saturated carbocycles. The Morgan fingerprint density at radius 3 is 2.58 bits per heavy atom. The van der Waals surface area contributed by atoms with Crippen LogP contribution in [0.1, 0.15) is 0 Å². The van der Waals surface area contributed by atoms with Crippen LogP contribution in [0.4, 0.5) is 0 Å². The van der Waals surface area contributed by atoms with Gasteiger partial charge in [-0.2, -0.15) is 0 Å². The first-order chi connectivity index (χ1) is 5.43. The Bertz CT molecular complexity index is 405. The Morgan fingerprint density at radius 2 is 2.17 bits per heavy atom. The van der Waals surface area contributed by atoms with Crippen LogP contribution in [0.15, 0.2) is 21.8 Å². The number of halogens is 2. The number of aromatic hydroxyl groups is 1. The molecule has 0 saturated heterocycles. The molecule has 1 N–H and O–H groups in total. The first-order valence-electron chi connectivity index (χ1n) is 2.71. The van der Waals surface area contributed by atoms with Gasteiger partial charge in [0.05, 0.1) is 0 Å². The number of nitrogens with zero attached hydrogens (tertiary/aromatic N) is 1. The third kappa shape index (κ3) is 1.88. The van der Waals surface area contributed by atoms with Crippen LogP contribution in [0.25, 0.3) is 0 Å². The minimum Gasteiger partial charge on any atom is -0.504 e. The SMILES string of the molecule is O=S(=O)(Cl)c1ccnc(Br)c1O. The highest BCUT2D eigenvalue weighted by molar-refractivity contribution is 9.10. The summed E-state index contributed by atoms with van der Waals surface area (Å²) in [6.45, 7) is 0. The van der Waals surface area contributed by atoms with Crippen molar-refractivity contribution in [3.63, 3.8) is 0 Å². The lowest BCUT2D eigenvalue weighted by Gasteiger charge is -1.99. The van der Waals surface area contributed by atoms with E-state index in [1.165, 1.54) is 6.20 Å². The molecule has 0 bridgehead atoms. The Kier molecular flexibility index (Phi) is 2.60. The van der Waals surface area contributed by atoms with Crippen LogP contribution in [0.2, 0.25) is 0 Å². The van der Waals surface area contributed by atoms with E-state index in [2.05, 4.69) is 20.9 Å². The van der Waals surface area contributed by atoms with Crippen LogP contribution in [0.3, 0.4) is 0 Å². The van der Waals surface area contributed by atoms with Gasteiger partial charge in [-0.05, 0) is 22.0 Å². The van der Waals surface area contributed by atoms with Crippen molar-refractivity contribution in [1.82, 2.24) is 4.98 Å². The second-order valence-electron chi connectivity index (χ2n) is 1.89. The van der Waals surface area contributed by atoms with Crippen LogP contribution in [-0.2, 0) is 9.05 Å². The van der Waals surface area contributed by atoms with Gasteiger partial charge in [0, 0.05) is 16.9 Å². The highest BCUT2D eigenvalue weighted by Gasteiger charge is 2.17. The van der Waals surface area contributed by atoms with E-state index in [0.29, 0.717) is 0 Å². The Labute approximate surface area is 81.7 Å². The minimum absolute atomic E-state index is 0.0456. The van der Waals surface area contributed by atoms with Crippen LogP contribution >= 0.6 is 26.6 Å². The predicted molar refractivity (Wildman–Crippen MR) is 46.6 cm³/mol. The second-order valence-corrected chi connectivity index (χ2v) is 5.17. The molecule has 4 nitrogen and oxygen atoms in total. The molecule has 1 rings (SSSR count). The van der Waals surface area contributed by atoms with E-state index in [0.717, 1.165) is 6.07 Å². The number of hydrogen-bond donors (Lipinski definition) is 1. The van der Waals surface area contributed by atoms with Crippen LogP contribution in [0.5, 0.6) is 5.75 Å². The smallest absolute Gasteiger partial charge is 0.265 e. The highest BCUT2D eigenvalue weighted by Crippen LogP contribution is 2.30. The van der Waals surface area contributed by atoms with Crippen LogP contribution in [-0.4, -0.2) is 18.5 Å². The summed E-state index contributed by atoms with van der Waals surface area (Å²) >= 11 is 2.85. The lowest BCUT2D eigenvalue weighted by Crippen LogP contribution is -1.92. The molecule has 0 aromatic carbocycles. The zero-order chi connectivity index (χ0) is 9.35. The summed E-state index contributed by atoms with van der Waals surface area (Å²) in [7, 11) is 1.10. The summed E-state index contributed by atoms with van der Waals surface area (Å²) in [5, 5.41) is 9.16. The van der Waals surface area contributed by atoms with E-state index < -0.39 is 14.8 Å². The average molecular weight is 273 g/mol. The van der Waals surface area contributed by atoms with Gasteiger partial charge >= 0.3 is 0 Å². The molecule has 1 aromatic rings. The van der Waals surface area contributed by atoms with Crippen molar-refractivity contribution < 1.29 is 13.5 Å². The molecule has 0 aliphatic carbocycles. The predicted octanol–water partition coefficient (Wildman–Crippen LogP) is 1.48. The van der Waals surface area contributed by atoms with Crippen LogP contribution < -0.4 is 0 Å². The molecule has 1 heterocycles. The third-order valence-corrected chi connectivity index (χ3v) is 3.04. The Morgan fingerprint density at radius 1 is 1.58 bits per heavy atom. The lowest BCUT2D eigenvalue weighted by atomic mass is 10.5. The first kappa shape index (κ1) is 9.76. The molecule has 66 valence electrons. The van der Waals surface area contributed by atoms with Crippen molar-refractivity contribution in [2.45, 2.75) is 4.90 Å². The number of pyridine rings is 1. The maximum absolute atomic E-state index is 10.8. The Hall–Kier alpha value is -0.330. The van der Waals surface area contributed by atoms with Gasteiger partial charge in [-0.3, -0.25) is 0 Å². The van der Waals surface area contributed by atoms with E-state index in [1.807, 2.05) is 0 Å². The largest absolute Gasteiger partial charge is 0.504 e. The quantitative estimate of drug-likeness (QED) is 0.621. The summed E-state index contributed by atoms with van der Waals surface area (Å²) in [4.78, 5) is 3.24. The van der Waals surface area contributed by atoms with E-state index in [-0.39, 0.29) is 9.50 Å². The van der Waals surface area contributed by atoms with Crippen molar-refractivity contribution in [2.24, 2.45) is 0 Å². The zero-order valence-electron chi connectivity index (χ0n) is 5.53. The molecule has 7 heteroatoms. The standard InChI is InChI=1S/C5H3BrClNO3S/c6-5-4(9)3(1-2-8-5)12(7,10)11/h1-2,9H. The van der Waals surface area contributed by atoms with Gasteiger partial charge in [0.25, 0.3) is 9.05 Å². The van der Waals surface area contributed by atoms with E-state index >= 15 is 0 Å². The van der Waals surface area contributed by atoms with Crippen molar-refractivity contribution >= 4 is 35.7 Å². The topological polar surface area (TPSA) is 67.3 Å². The molecule has 0 spiro atoms. The molecule has 0 fully saturated rings. The fraction of sp³-hybridized carbons (Fsp3) is 0. The van der Waals surface area contributed by atoms with Gasteiger partial charge in [0.15, 0.2) is 5.75 Å². The molecular formula is C5H3BrClNO3S. The van der Waals surface area contributed by atoms with Crippen molar-refractivity contribution in [3.05, 3.63) is 16.9 Å². The van der Waals surface area contributed by atoms with Gasteiger partial charge in [-0.15, -0.1) is 0 Å². The third-order valence-electron chi connectivity index (χ3n) is 1.11. The first-order valence-corrected chi connectivity index (χ1v) is 5.81. The highest BCUT2D eigenvalue weighted by atomic mass is 79.9. The molecule has 0 unspecified atom stereocenters. The van der Waals surface area contributed by atoms with Gasteiger partial charge in [0.1, 0.15) is 9.50 Å². The molecule has 0 atom stereocenters. The maximum atomic E-state index is 10.8. The summed E-state index contributed by atoms with van der Waals surface area (Å²) < 4.78 is 21.6. The molecule has 0 aliphatic heterocycles. The van der Waals surface area contributed by atoms with Crippen LogP contribution in [0, 0.1) is 0 Å². The monoisotopic (exact) mass is 271 g/mol. The number of rotatable bonds is 1. The van der Waals surface area contributed by atoms with Gasteiger partial charge < -0.3 is 5.11 Å². The van der Waals surface area contributed by atoms with E-state index in [9.17, 15) is 8.42 Å². The van der Waals surface area contributed by atoms with Crippen molar-refractivity contribution in [2.75, 3.05) is 0 Å². The normalized spacial score (nSPS) is 11.5. The number of aromatic nitrogens is 1. The molecule has 0 radical (unpaired) electrons. The maximum Gasteiger partial charge on any atom is 0.265 e. The summed E-state index contributed by atoms with van der Waals surface area (Å²) in [6, 6.07) is 1.11.